The summed E-state index contributed by atoms with van der Waals surface area (Å²) in [6, 6.07) is 20.9. The smallest absolute Gasteiger partial charge is 0.343 e. The van der Waals surface area contributed by atoms with E-state index < -0.39 is 11.5 Å². The molecule has 6 nitrogen and oxygen atoms in total. The molecule has 0 saturated heterocycles. The molecule has 0 aliphatic carbocycles. The number of esters is 1. The molecule has 170 valence electrons. The van der Waals surface area contributed by atoms with Gasteiger partial charge in [0.2, 0.25) is 0 Å². The number of rotatable bonds is 5. The van der Waals surface area contributed by atoms with Crippen molar-refractivity contribution in [2.24, 2.45) is 0 Å². The van der Waals surface area contributed by atoms with E-state index in [1.807, 2.05) is 36.4 Å². The van der Waals surface area contributed by atoms with Gasteiger partial charge in [-0.25, -0.2) is 4.79 Å². The minimum atomic E-state index is -0.480. The van der Waals surface area contributed by atoms with Crippen LogP contribution in [0, 0.1) is 0 Å². The second-order valence-corrected chi connectivity index (χ2v) is 8.57. The van der Waals surface area contributed by atoms with E-state index in [4.69, 9.17) is 18.6 Å². The first-order valence-electron chi connectivity index (χ1n) is 11.4. The van der Waals surface area contributed by atoms with Gasteiger partial charge in [0.05, 0.1) is 30.6 Å². The van der Waals surface area contributed by atoms with E-state index in [0.29, 0.717) is 28.9 Å². The Morgan fingerprint density at radius 2 is 1.82 bits per heavy atom. The molecule has 3 heterocycles. The monoisotopic (exact) mass is 454 g/mol. The van der Waals surface area contributed by atoms with Crippen LogP contribution in [0.15, 0.2) is 75.9 Å². The summed E-state index contributed by atoms with van der Waals surface area (Å²) in [5.41, 5.74) is 3.62. The number of ether oxygens (including phenoxy) is 3. The molecule has 1 atom stereocenters. The normalized spacial score (nSPS) is 16.5. The van der Waals surface area contributed by atoms with Crippen molar-refractivity contribution >= 4 is 16.9 Å². The second-order valence-electron chi connectivity index (χ2n) is 8.57. The summed E-state index contributed by atoms with van der Waals surface area (Å²) < 4.78 is 22.5. The lowest BCUT2D eigenvalue weighted by molar-refractivity contribution is -0.135. The summed E-state index contributed by atoms with van der Waals surface area (Å²) in [7, 11) is 0. The molecule has 0 fully saturated rings. The second kappa shape index (κ2) is 8.37. The average Bonchev–Trinajstić information content (AvgIpc) is 3.32. The van der Waals surface area contributed by atoms with Gasteiger partial charge in [0, 0.05) is 18.8 Å². The highest BCUT2D eigenvalue weighted by Gasteiger charge is 2.33. The number of benzene rings is 3. The highest BCUT2D eigenvalue weighted by molar-refractivity contribution is 5.90. The van der Waals surface area contributed by atoms with Crippen LogP contribution in [-0.2, 0) is 17.6 Å². The van der Waals surface area contributed by atoms with Crippen molar-refractivity contribution in [3.8, 4) is 17.2 Å². The zero-order chi connectivity index (χ0) is 23.1. The van der Waals surface area contributed by atoms with Crippen LogP contribution in [0.5, 0.6) is 17.2 Å². The van der Waals surface area contributed by atoms with Gasteiger partial charge in [-0.2, -0.15) is 0 Å². The Morgan fingerprint density at radius 3 is 2.71 bits per heavy atom. The Hall–Kier alpha value is -4.06. The average molecular weight is 454 g/mol. The Morgan fingerprint density at radius 1 is 0.971 bits per heavy atom. The van der Waals surface area contributed by atoms with Crippen molar-refractivity contribution in [3.63, 3.8) is 0 Å². The summed E-state index contributed by atoms with van der Waals surface area (Å²) in [5, 5.41) is 0.619. The fourth-order valence-electron chi connectivity index (χ4n) is 4.73. The molecule has 0 bridgehead atoms. The number of fused-ring (bicyclic) bond motifs is 4. The fraction of sp³-hybridized carbons (Fsp3) is 0.214. The van der Waals surface area contributed by atoms with Crippen molar-refractivity contribution in [3.05, 3.63) is 99.4 Å². The van der Waals surface area contributed by atoms with Gasteiger partial charge in [-0.3, -0.25) is 4.79 Å². The summed E-state index contributed by atoms with van der Waals surface area (Å²) in [6.45, 7) is 1.30. The molecule has 34 heavy (non-hydrogen) atoms. The predicted molar refractivity (Wildman–Crippen MR) is 126 cm³/mol. The van der Waals surface area contributed by atoms with Crippen molar-refractivity contribution in [2.75, 3.05) is 13.2 Å². The van der Waals surface area contributed by atoms with E-state index in [2.05, 4.69) is 12.1 Å². The molecule has 1 unspecified atom stereocenters. The van der Waals surface area contributed by atoms with Crippen molar-refractivity contribution in [2.45, 2.75) is 25.2 Å². The Balaban J connectivity index is 1.20. The molecule has 0 spiro atoms. The molecule has 4 aromatic rings. The number of carbonyl (C=O) groups is 1. The first kappa shape index (κ1) is 20.5. The Bertz CT molecular complexity index is 1450. The van der Waals surface area contributed by atoms with Gasteiger partial charge < -0.3 is 18.6 Å². The summed E-state index contributed by atoms with van der Waals surface area (Å²) in [6.07, 6.45) is 1.83. The van der Waals surface area contributed by atoms with E-state index in [1.54, 1.807) is 18.2 Å². The minimum absolute atomic E-state index is 0.0817. The Kier molecular flexibility index (Phi) is 5.06. The Labute approximate surface area is 195 Å². The summed E-state index contributed by atoms with van der Waals surface area (Å²) in [5.74, 6) is 1.22. The van der Waals surface area contributed by atoms with Crippen LogP contribution in [0.25, 0.3) is 11.0 Å². The third kappa shape index (κ3) is 3.71. The lowest BCUT2D eigenvalue weighted by Gasteiger charge is -2.24. The van der Waals surface area contributed by atoms with E-state index in [1.165, 1.54) is 11.1 Å². The van der Waals surface area contributed by atoms with E-state index in [-0.39, 0.29) is 12.4 Å². The molecule has 1 aromatic heterocycles. The highest BCUT2D eigenvalue weighted by Crippen LogP contribution is 2.40. The van der Waals surface area contributed by atoms with Crippen molar-refractivity contribution in [1.29, 1.82) is 0 Å². The fourth-order valence-corrected chi connectivity index (χ4v) is 4.73. The van der Waals surface area contributed by atoms with Crippen LogP contribution in [-0.4, -0.2) is 19.2 Å². The molecular formula is C28H22O6. The first-order chi connectivity index (χ1) is 16.7. The van der Waals surface area contributed by atoms with Gasteiger partial charge in [-0.15, -0.1) is 0 Å². The molecule has 0 N–H and O–H groups in total. The number of para-hydroxylation sites is 1. The highest BCUT2D eigenvalue weighted by atomic mass is 16.5. The first-order valence-corrected chi connectivity index (χ1v) is 11.4. The SMILES string of the molecule is O=C1CC(c2ccc(OCCc3ccc4c(c3)CCO4)cc2)c2c(c3ccccc3oc2=O)O1. The van der Waals surface area contributed by atoms with Crippen LogP contribution in [0.2, 0.25) is 0 Å². The number of hydrogen-bond donors (Lipinski definition) is 0. The lowest BCUT2D eigenvalue weighted by Crippen LogP contribution is -2.26. The van der Waals surface area contributed by atoms with Crippen molar-refractivity contribution in [1.82, 2.24) is 0 Å². The van der Waals surface area contributed by atoms with Gasteiger partial charge >= 0.3 is 11.6 Å². The third-order valence-electron chi connectivity index (χ3n) is 6.43. The lowest BCUT2D eigenvalue weighted by atomic mass is 9.86. The van der Waals surface area contributed by atoms with Crippen LogP contribution in [0.3, 0.4) is 0 Å². The summed E-state index contributed by atoms with van der Waals surface area (Å²) >= 11 is 0. The van der Waals surface area contributed by atoms with Crippen LogP contribution in [0.4, 0.5) is 0 Å². The topological polar surface area (TPSA) is 75.0 Å². The number of hydrogen-bond acceptors (Lipinski definition) is 6. The zero-order valence-electron chi connectivity index (χ0n) is 18.4. The molecule has 0 radical (unpaired) electrons. The molecule has 6 rings (SSSR count). The maximum Gasteiger partial charge on any atom is 0.343 e. The van der Waals surface area contributed by atoms with Crippen LogP contribution < -0.4 is 19.8 Å². The van der Waals surface area contributed by atoms with Gasteiger partial charge in [0.15, 0.2) is 5.75 Å². The van der Waals surface area contributed by atoms with Crippen molar-refractivity contribution < 1.29 is 23.4 Å². The molecular weight excluding hydrogens is 432 g/mol. The van der Waals surface area contributed by atoms with E-state index in [9.17, 15) is 9.59 Å². The molecule has 2 aliphatic rings. The largest absolute Gasteiger partial charge is 0.493 e. The van der Waals surface area contributed by atoms with Gasteiger partial charge in [0.25, 0.3) is 0 Å². The molecule has 6 heteroatoms. The van der Waals surface area contributed by atoms with Gasteiger partial charge in [0.1, 0.15) is 17.1 Å². The molecule has 0 amide bonds. The van der Waals surface area contributed by atoms with Crippen LogP contribution >= 0.6 is 0 Å². The number of carbonyl (C=O) groups excluding carboxylic acids is 1. The maximum absolute atomic E-state index is 12.8. The standard InChI is InChI=1S/C28H22O6/c29-25-16-22(26-27(34-25)21-3-1-2-4-24(21)33-28(26)30)18-6-8-20(9-7-18)31-13-11-17-5-10-23-19(15-17)12-14-32-23/h1-10,15,22H,11-14,16H2. The molecule has 0 saturated carbocycles. The predicted octanol–water partition coefficient (Wildman–Crippen LogP) is 4.79. The van der Waals surface area contributed by atoms with E-state index in [0.717, 1.165) is 36.5 Å². The van der Waals surface area contributed by atoms with E-state index >= 15 is 0 Å². The minimum Gasteiger partial charge on any atom is -0.493 e. The third-order valence-corrected chi connectivity index (χ3v) is 6.43. The van der Waals surface area contributed by atoms with Crippen LogP contribution in [0.1, 0.15) is 34.6 Å². The van der Waals surface area contributed by atoms with Gasteiger partial charge in [-0.1, -0.05) is 36.4 Å². The van der Waals surface area contributed by atoms with Gasteiger partial charge in [-0.05, 0) is 47.0 Å². The molecule has 3 aromatic carbocycles. The summed E-state index contributed by atoms with van der Waals surface area (Å²) in [4.78, 5) is 25.2. The molecule has 2 aliphatic heterocycles. The maximum atomic E-state index is 12.8. The zero-order valence-corrected chi connectivity index (χ0v) is 18.4. The quantitative estimate of drug-likeness (QED) is 0.319.